The number of hydrogen-bond acceptors (Lipinski definition) is 2. The molecule has 0 saturated carbocycles. The van der Waals surface area contributed by atoms with E-state index in [2.05, 4.69) is 16.4 Å². The minimum atomic E-state index is 0.142. The highest BCUT2D eigenvalue weighted by molar-refractivity contribution is 5.80. The van der Waals surface area contributed by atoms with Gasteiger partial charge in [-0.15, -0.1) is 0 Å². The van der Waals surface area contributed by atoms with Crippen molar-refractivity contribution in [1.82, 2.24) is 10.3 Å². The van der Waals surface area contributed by atoms with Crippen LogP contribution in [0.2, 0.25) is 0 Å². The molecule has 1 N–H and O–H groups in total. The van der Waals surface area contributed by atoms with Crippen molar-refractivity contribution >= 4 is 5.91 Å². The van der Waals surface area contributed by atoms with Crippen LogP contribution in [-0.4, -0.2) is 16.9 Å². The van der Waals surface area contributed by atoms with Gasteiger partial charge in [-0.2, -0.15) is 0 Å². The fourth-order valence-corrected chi connectivity index (χ4v) is 1.90. The van der Waals surface area contributed by atoms with E-state index >= 15 is 0 Å². The summed E-state index contributed by atoms with van der Waals surface area (Å²) in [6.07, 6.45) is 2.46. The quantitative estimate of drug-likeness (QED) is 0.727. The standard InChI is InChI=1S/C11H14N2O/c1-7-3-4-9(6-12-7)10-5-11(14)13-8(10)2/h3-4,6,8,10H,5H2,1-2H3,(H,13,14). The van der Waals surface area contributed by atoms with Crippen molar-refractivity contribution in [2.24, 2.45) is 0 Å². The van der Waals surface area contributed by atoms with Crippen LogP contribution in [0, 0.1) is 6.92 Å². The van der Waals surface area contributed by atoms with Gasteiger partial charge >= 0.3 is 0 Å². The van der Waals surface area contributed by atoms with E-state index in [1.54, 1.807) is 0 Å². The van der Waals surface area contributed by atoms with E-state index in [1.165, 1.54) is 0 Å². The minimum absolute atomic E-state index is 0.142. The lowest BCUT2D eigenvalue weighted by Gasteiger charge is -2.13. The van der Waals surface area contributed by atoms with E-state index in [4.69, 9.17) is 0 Å². The Labute approximate surface area is 83.5 Å². The number of nitrogens with one attached hydrogen (secondary N) is 1. The molecule has 0 radical (unpaired) electrons. The van der Waals surface area contributed by atoms with Crippen LogP contribution in [0.4, 0.5) is 0 Å². The zero-order valence-electron chi connectivity index (χ0n) is 8.45. The Morgan fingerprint density at radius 1 is 1.50 bits per heavy atom. The SMILES string of the molecule is Cc1ccc(C2CC(=O)NC2C)cn1. The van der Waals surface area contributed by atoms with Crippen molar-refractivity contribution in [2.45, 2.75) is 32.2 Å². The van der Waals surface area contributed by atoms with Crippen molar-refractivity contribution in [2.75, 3.05) is 0 Å². The monoisotopic (exact) mass is 190 g/mol. The van der Waals surface area contributed by atoms with Crippen molar-refractivity contribution in [3.63, 3.8) is 0 Å². The summed E-state index contributed by atoms with van der Waals surface area (Å²) in [5.41, 5.74) is 2.17. The Morgan fingerprint density at radius 2 is 2.29 bits per heavy atom. The molecule has 0 spiro atoms. The first-order valence-corrected chi connectivity index (χ1v) is 4.89. The van der Waals surface area contributed by atoms with Crippen LogP contribution < -0.4 is 5.32 Å². The Bertz CT molecular complexity index is 345. The number of nitrogens with zero attached hydrogens (tertiary/aromatic N) is 1. The normalized spacial score (nSPS) is 26.3. The largest absolute Gasteiger partial charge is 0.353 e. The molecule has 2 atom stereocenters. The van der Waals surface area contributed by atoms with E-state index < -0.39 is 0 Å². The van der Waals surface area contributed by atoms with Crippen LogP contribution in [0.15, 0.2) is 18.3 Å². The van der Waals surface area contributed by atoms with Crippen molar-refractivity contribution < 1.29 is 4.79 Å². The summed E-state index contributed by atoms with van der Waals surface area (Å²) in [7, 11) is 0. The van der Waals surface area contributed by atoms with Gasteiger partial charge in [0.15, 0.2) is 0 Å². The molecule has 1 aromatic heterocycles. The van der Waals surface area contributed by atoms with Gasteiger partial charge in [-0.1, -0.05) is 6.07 Å². The van der Waals surface area contributed by atoms with E-state index in [-0.39, 0.29) is 17.9 Å². The van der Waals surface area contributed by atoms with Crippen LogP contribution in [0.1, 0.15) is 30.5 Å². The molecule has 0 bridgehead atoms. The average Bonchev–Trinajstić information content (AvgIpc) is 2.47. The molecule has 74 valence electrons. The third kappa shape index (κ3) is 1.62. The smallest absolute Gasteiger partial charge is 0.220 e. The Kier molecular flexibility index (Phi) is 2.23. The second-order valence-corrected chi connectivity index (χ2v) is 3.90. The van der Waals surface area contributed by atoms with Gasteiger partial charge in [0.25, 0.3) is 0 Å². The van der Waals surface area contributed by atoms with Crippen LogP contribution in [-0.2, 0) is 4.79 Å². The van der Waals surface area contributed by atoms with Gasteiger partial charge < -0.3 is 5.32 Å². The summed E-state index contributed by atoms with van der Waals surface area (Å²) in [5.74, 6) is 0.429. The number of amides is 1. The number of rotatable bonds is 1. The molecule has 14 heavy (non-hydrogen) atoms. The van der Waals surface area contributed by atoms with Gasteiger partial charge in [0.2, 0.25) is 5.91 Å². The summed E-state index contributed by atoms with van der Waals surface area (Å²) >= 11 is 0. The van der Waals surface area contributed by atoms with Crippen molar-refractivity contribution in [3.8, 4) is 0 Å². The second kappa shape index (κ2) is 3.40. The van der Waals surface area contributed by atoms with Gasteiger partial charge in [-0.25, -0.2) is 0 Å². The molecule has 2 rings (SSSR count). The number of hydrogen-bond donors (Lipinski definition) is 1. The summed E-state index contributed by atoms with van der Waals surface area (Å²) in [6.45, 7) is 4.00. The molecule has 1 fully saturated rings. The predicted molar refractivity (Wildman–Crippen MR) is 53.9 cm³/mol. The molecule has 2 unspecified atom stereocenters. The topological polar surface area (TPSA) is 42.0 Å². The molecule has 0 aliphatic carbocycles. The van der Waals surface area contributed by atoms with Gasteiger partial charge in [0.1, 0.15) is 0 Å². The molecular weight excluding hydrogens is 176 g/mol. The van der Waals surface area contributed by atoms with Crippen molar-refractivity contribution in [3.05, 3.63) is 29.6 Å². The van der Waals surface area contributed by atoms with Gasteiger partial charge in [0.05, 0.1) is 0 Å². The highest BCUT2D eigenvalue weighted by Crippen LogP contribution is 2.27. The Balaban J connectivity index is 2.23. The maximum absolute atomic E-state index is 11.2. The first-order chi connectivity index (χ1) is 6.66. The molecular formula is C11H14N2O. The summed E-state index contributed by atoms with van der Waals surface area (Å²) in [4.78, 5) is 15.4. The first kappa shape index (κ1) is 9.19. The lowest BCUT2D eigenvalue weighted by Crippen LogP contribution is -2.24. The van der Waals surface area contributed by atoms with Gasteiger partial charge in [-0.3, -0.25) is 9.78 Å². The zero-order valence-corrected chi connectivity index (χ0v) is 8.45. The lowest BCUT2D eigenvalue weighted by molar-refractivity contribution is -0.119. The van der Waals surface area contributed by atoms with Crippen LogP contribution in [0.5, 0.6) is 0 Å². The average molecular weight is 190 g/mol. The molecule has 1 amide bonds. The van der Waals surface area contributed by atoms with Crippen LogP contribution >= 0.6 is 0 Å². The molecule has 3 heteroatoms. The van der Waals surface area contributed by atoms with E-state index in [1.807, 2.05) is 26.1 Å². The number of aromatic nitrogens is 1. The van der Waals surface area contributed by atoms with E-state index in [0.717, 1.165) is 11.3 Å². The maximum atomic E-state index is 11.2. The number of aryl methyl sites for hydroxylation is 1. The summed E-state index contributed by atoms with van der Waals surface area (Å²) < 4.78 is 0. The predicted octanol–water partition coefficient (Wildman–Crippen LogP) is 1.38. The molecule has 1 aliphatic heterocycles. The Morgan fingerprint density at radius 3 is 2.79 bits per heavy atom. The van der Waals surface area contributed by atoms with E-state index in [0.29, 0.717) is 6.42 Å². The van der Waals surface area contributed by atoms with Crippen LogP contribution in [0.25, 0.3) is 0 Å². The third-order valence-electron chi connectivity index (χ3n) is 2.76. The fourth-order valence-electron chi connectivity index (χ4n) is 1.90. The third-order valence-corrected chi connectivity index (χ3v) is 2.76. The number of carbonyl (C=O) groups excluding carboxylic acids is 1. The molecule has 1 aromatic rings. The molecule has 1 saturated heterocycles. The van der Waals surface area contributed by atoms with Gasteiger partial charge in [-0.05, 0) is 25.5 Å². The summed E-state index contributed by atoms with van der Waals surface area (Å²) in [5, 5.41) is 2.91. The van der Waals surface area contributed by atoms with Crippen LogP contribution in [0.3, 0.4) is 0 Å². The molecule has 1 aliphatic rings. The number of pyridine rings is 1. The first-order valence-electron chi connectivity index (χ1n) is 4.89. The number of carbonyl (C=O) groups is 1. The molecule has 3 nitrogen and oxygen atoms in total. The minimum Gasteiger partial charge on any atom is -0.353 e. The molecule has 0 aromatic carbocycles. The summed E-state index contributed by atoms with van der Waals surface area (Å²) in [6, 6.07) is 4.28. The fraction of sp³-hybridized carbons (Fsp3) is 0.455. The van der Waals surface area contributed by atoms with Gasteiger partial charge in [0, 0.05) is 30.3 Å². The zero-order chi connectivity index (χ0) is 10.1. The maximum Gasteiger partial charge on any atom is 0.220 e. The van der Waals surface area contributed by atoms with Crippen molar-refractivity contribution in [1.29, 1.82) is 0 Å². The highest BCUT2D eigenvalue weighted by atomic mass is 16.1. The highest BCUT2D eigenvalue weighted by Gasteiger charge is 2.30. The second-order valence-electron chi connectivity index (χ2n) is 3.90. The lowest BCUT2D eigenvalue weighted by atomic mass is 9.94. The Hall–Kier alpha value is -1.38. The van der Waals surface area contributed by atoms with E-state index in [9.17, 15) is 4.79 Å². The molecule has 2 heterocycles.